The second-order valence-electron chi connectivity index (χ2n) is 14.4. The normalized spacial score (nSPS) is 31.7. The molecule has 12 atom stereocenters. The first kappa shape index (κ1) is 41.0. The summed E-state index contributed by atoms with van der Waals surface area (Å²) in [5.41, 5.74) is 2.27. The Morgan fingerprint density at radius 3 is 2.00 bits per heavy atom. The Morgan fingerprint density at radius 1 is 0.655 bits per heavy atom. The van der Waals surface area contributed by atoms with Crippen molar-refractivity contribution in [2.24, 2.45) is 0 Å². The molecule has 16 heteroatoms. The number of ether oxygens (including phenoxy) is 6. The van der Waals surface area contributed by atoms with Gasteiger partial charge in [-0.05, 0) is 42.3 Å². The van der Waals surface area contributed by atoms with Crippen LogP contribution in [-0.2, 0) is 14.2 Å². The maximum atomic E-state index is 12.9. The number of para-hydroxylation sites is 1. The summed E-state index contributed by atoms with van der Waals surface area (Å²) in [7, 11) is 0. The van der Waals surface area contributed by atoms with Crippen LogP contribution in [0.2, 0.25) is 0 Å². The van der Waals surface area contributed by atoms with Crippen LogP contribution >= 0.6 is 0 Å². The summed E-state index contributed by atoms with van der Waals surface area (Å²) < 4.78 is 34.4. The Balaban J connectivity index is 0.000000249. The number of aliphatic hydroxyl groups excluding tert-OH is 6. The Morgan fingerprint density at radius 2 is 1.29 bits per heavy atom. The van der Waals surface area contributed by atoms with Gasteiger partial charge in [-0.25, -0.2) is 0 Å². The molecule has 4 aromatic rings. The average Bonchev–Trinajstić information content (AvgIpc) is 3.22. The fraction of sp³-hybridized carbons (Fsp3) is 0.381. The number of ketones is 2. The van der Waals surface area contributed by atoms with Crippen molar-refractivity contribution in [2.45, 2.75) is 93.4 Å². The lowest BCUT2D eigenvalue weighted by Gasteiger charge is -2.45. The van der Waals surface area contributed by atoms with Gasteiger partial charge in [0.05, 0.1) is 31.1 Å². The number of hydrogen-bond acceptors (Lipinski definition) is 16. The van der Waals surface area contributed by atoms with Crippen molar-refractivity contribution in [2.75, 3.05) is 6.61 Å². The number of fused-ring (bicyclic) bond motifs is 2. The topological polar surface area (TPSA) is 251 Å². The summed E-state index contributed by atoms with van der Waals surface area (Å²) in [6, 6.07) is 25.8. The van der Waals surface area contributed by atoms with Crippen molar-refractivity contribution in [1.29, 1.82) is 0 Å². The number of phenolic OH excluding ortho intramolecular Hbond substituents is 2. The Kier molecular flexibility index (Phi) is 12.3. The zero-order valence-electron chi connectivity index (χ0n) is 31.1. The summed E-state index contributed by atoms with van der Waals surface area (Å²) in [5, 5.41) is 81.6. The summed E-state index contributed by atoms with van der Waals surface area (Å²) in [5.74, 6) is -0.101. The molecule has 0 aromatic heterocycles. The lowest BCUT2D eigenvalue weighted by molar-refractivity contribution is -0.354. The minimum Gasteiger partial charge on any atom is -0.508 e. The molecule has 0 spiro atoms. The molecule has 2 saturated heterocycles. The number of Topliss-reactive ketones (excluding diaryl/α,β-unsaturated/α-hetero) is 2. The lowest BCUT2D eigenvalue weighted by Crippen LogP contribution is -2.64. The standard InChI is InChI=1S/C27H32O14.C15H12O2/c1-10-20(32)22(34)24(36)26(37-10)41-25-23(35)21(33)18(9-28)40-27(25)38-13-6-14(30)19-15(31)8-16(39-17(19)7-13)11-2-4-12(29)5-3-11;16-13-10-15(11-6-2-1-3-7-11)17-14-9-5-4-8-12(13)14/h2-7,10,16,18,20-30,32-36H,8-9H2,1H3;1-9,15H,10H2/t10-,16?,18+,20-,21+,22+,23-,24+,25+,26-,27+;/m0./s1. The van der Waals surface area contributed by atoms with Crippen LogP contribution in [0.3, 0.4) is 0 Å². The van der Waals surface area contributed by atoms with E-state index in [1.54, 1.807) is 12.1 Å². The molecule has 16 nitrogen and oxygen atoms in total. The van der Waals surface area contributed by atoms with Gasteiger partial charge in [0.15, 0.2) is 24.0 Å². The van der Waals surface area contributed by atoms with E-state index in [-0.39, 0.29) is 41.1 Å². The molecule has 0 amide bonds. The van der Waals surface area contributed by atoms with E-state index in [0.717, 1.165) is 11.6 Å². The number of carbonyl (C=O) groups excluding carboxylic acids is 2. The van der Waals surface area contributed by atoms with E-state index in [1.807, 2.05) is 54.6 Å². The third-order valence-electron chi connectivity index (χ3n) is 10.4. The first-order valence-electron chi connectivity index (χ1n) is 18.7. The van der Waals surface area contributed by atoms with E-state index in [0.29, 0.717) is 23.3 Å². The highest BCUT2D eigenvalue weighted by molar-refractivity contribution is 6.02. The van der Waals surface area contributed by atoms with Crippen molar-refractivity contribution in [1.82, 2.24) is 0 Å². The summed E-state index contributed by atoms with van der Waals surface area (Å²) in [4.78, 5) is 24.8. The Hall–Kier alpha value is -5.14. The first-order valence-corrected chi connectivity index (χ1v) is 18.7. The quantitative estimate of drug-likeness (QED) is 0.133. The van der Waals surface area contributed by atoms with E-state index < -0.39 is 85.7 Å². The number of carbonyl (C=O) groups is 2. The van der Waals surface area contributed by atoms with Crippen molar-refractivity contribution < 1.29 is 78.9 Å². The van der Waals surface area contributed by atoms with Crippen LogP contribution in [0.25, 0.3) is 0 Å². The SMILES string of the molecule is C[C@@H]1O[C@@H](O[C@H]2[C@H](Oc3cc(O)c4c(c3)OC(c3ccc(O)cc3)CC4=O)O[C@H](CO)[C@@H](O)[C@@H]2O)[C@H](O)[C@H](O)[C@H]1O.O=C1CC(c2ccccc2)Oc2ccccc21. The molecule has 0 saturated carbocycles. The van der Waals surface area contributed by atoms with Gasteiger partial charge in [-0.1, -0.05) is 54.6 Å². The van der Waals surface area contributed by atoms with Gasteiger partial charge in [-0.2, -0.15) is 0 Å². The van der Waals surface area contributed by atoms with Gasteiger partial charge in [0.1, 0.15) is 83.1 Å². The van der Waals surface area contributed by atoms with Crippen molar-refractivity contribution in [3.8, 4) is 28.7 Å². The van der Waals surface area contributed by atoms with Crippen molar-refractivity contribution in [3.05, 3.63) is 113 Å². The third-order valence-corrected chi connectivity index (χ3v) is 10.4. The minimum absolute atomic E-state index is 0.0149. The average molecular weight is 805 g/mol. The first-order chi connectivity index (χ1) is 27.8. The molecule has 308 valence electrons. The van der Waals surface area contributed by atoms with Crippen LogP contribution in [0.5, 0.6) is 28.7 Å². The molecule has 4 aliphatic rings. The lowest BCUT2D eigenvalue weighted by atomic mass is 9.95. The van der Waals surface area contributed by atoms with Crippen LogP contribution in [0, 0.1) is 0 Å². The highest BCUT2D eigenvalue weighted by Crippen LogP contribution is 2.43. The summed E-state index contributed by atoms with van der Waals surface area (Å²) in [6.45, 7) is 0.716. The monoisotopic (exact) mass is 804 g/mol. The van der Waals surface area contributed by atoms with Crippen LogP contribution in [-0.4, -0.2) is 120 Å². The predicted molar refractivity (Wildman–Crippen MR) is 199 cm³/mol. The van der Waals surface area contributed by atoms with Gasteiger partial charge in [-0.3, -0.25) is 9.59 Å². The molecule has 4 aliphatic heterocycles. The second-order valence-corrected chi connectivity index (χ2v) is 14.4. The van der Waals surface area contributed by atoms with Gasteiger partial charge in [0.25, 0.3) is 0 Å². The van der Waals surface area contributed by atoms with Gasteiger partial charge in [-0.15, -0.1) is 0 Å². The smallest absolute Gasteiger partial charge is 0.229 e. The predicted octanol–water partition coefficient (Wildman–Crippen LogP) is 2.23. The van der Waals surface area contributed by atoms with Crippen LogP contribution in [0.4, 0.5) is 0 Å². The zero-order valence-corrected chi connectivity index (χ0v) is 31.1. The number of aliphatic hydroxyl groups is 6. The van der Waals surface area contributed by atoms with E-state index in [2.05, 4.69) is 0 Å². The fourth-order valence-electron chi connectivity index (χ4n) is 7.20. The van der Waals surface area contributed by atoms with Crippen LogP contribution in [0.1, 0.15) is 63.8 Å². The molecule has 8 N–H and O–H groups in total. The zero-order chi connectivity index (χ0) is 41.2. The molecule has 2 fully saturated rings. The third kappa shape index (κ3) is 8.51. The van der Waals surface area contributed by atoms with Gasteiger partial charge in [0.2, 0.25) is 6.29 Å². The van der Waals surface area contributed by atoms with E-state index in [4.69, 9.17) is 28.4 Å². The molecule has 8 rings (SSSR count). The maximum Gasteiger partial charge on any atom is 0.229 e. The number of rotatable bonds is 7. The minimum atomic E-state index is -1.75. The van der Waals surface area contributed by atoms with Gasteiger partial charge < -0.3 is 69.3 Å². The molecule has 0 bridgehead atoms. The summed E-state index contributed by atoms with van der Waals surface area (Å²) >= 11 is 0. The number of hydrogen-bond donors (Lipinski definition) is 8. The second kappa shape index (κ2) is 17.4. The highest BCUT2D eigenvalue weighted by Gasteiger charge is 2.51. The molecule has 0 aliphatic carbocycles. The van der Waals surface area contributed by atoms with E-state index in [1.165, 1.54) is 25.1 Å². The molecule has 4 aromatic carbocycles. The highest BCUT2D eigenvalue weighted by atomic mass is 16.8. The number of benzene rings is 4. The Labute approximate surface area is 332 Å². The van der Waals surface area contributed by atoms with Crippen molar-refractivity contribution in [3.63, 3.8) is 0 Å². The molecule has 2 unspecified atom stereocenters. The van der Waals surface area contributed by atoms with E-state index >= 15 is 0 Å². The van der Waals surface area contributed by atoms with Crippen LogP contribution < -0.4 is 14.2 Å². The molecule has 4 heterocycles. The molecular weight excluding hydrogens is 760 g/mol. The fourth-order valence-corrected chi connectivity index (χ4v) is 7.20. The molecule has 0 radical (unpaired) electrons. The number of phenols is 2. The number of aromatic hydroxyl groups is 2. The van der Waals surface area contributed by atoms with Gasteiger partial charge in [0, 0.05) is 12.1 Å². The largest absolute Gasteiger partial charge is 0.508 e. The van der Waals surface area contributed by atoms with Crippen molar-refractivity contribution >= 4 is 11.6 Å². The Bertz CT molecular complexity index is 2060. The summed E-state index contributed by atoms with van der Waals surface area (Å²) in [6.07, 6.45) is -15.8. The molecule has 58 heavy (non-hydrogen) atoms. The van der Waals surface area contributed by atoms with Gasteiger partial charge >= 0.3 is 0 Å². The maximum absolute atomic E-state index is 12.9. The van der Waals surface area contributed by atoms with E-state index in [9.17, 15) is 50.4 Å². The molecular formula is C42H44O16. The van der Waals surface area contributed by atoms with Crippen LogP contribution in [0.15, 0.2) is 91.0 Å².